The fraction of sp³-hybridized carbons (Fsp3) is 0.750. The molecule has 0 spiro atoms. The molecule has 1 aromatic heterocycles. The van der Waals surface area contributed by atoms with Crippen LogP contribution in [-0.2, 0) is 4.74 Å². The zero-order chi connectivity index (χ0) is 12.8. The van der Waals surface area contributed by atoms with Crippen LogP contribution in [0.3, 0.4) is 0 Å². The molecule has 0 amide bonds. The lowest BCUT2D eigenvalue weighted by Crippen LogP contribution is -2.35. The first-order chi connectivity index (χ1) is 8.04. The summed E-state index contributed by atoms with van der Waals surface area (Å²) in [5, 5.41) is 4.57. The van der Waals surface area contributed by atoms with Crippen molar-refractivity contribution in [1.82, 2.24) is 10.3 Å². The molecule has 0 aliphatic rings. The molecule has 0 aliphatic carbocycles. The van der Waals surface area contributed by atoms with E-state index in [0.29, 0.717) is 6.04 Å². The van der Waals surface area contributed by atoms with Crippen LogP contribution < -0.4 is 11.1 Å². The van der Waals surface area contributed by atoms with Gasteiger partial charge in [0.25, 0.3) is 0 Å². The molecule has 0 fully saturated rings. The minimum Gasteiger partial charge on any atom is -0.385 e. The highest BCUT2D eigenvalue weighted by atomic mass is 32.1. The number of nitrogens with one attached hydrogen (secondary N) is 1. The largest absolute Gasteiger partial charge is 0.385 e. The van der Waals surface area contributed by atoms with Crippen LogP contribution in [0.1, 0.15) is 35.0 Å². The highest BCUT2D eigenvalue weighted by Crippen LogP contribution is 2.24. The molecule has 0 bridgehead atoms. The van der Waals surface area contributed by atoms with Crippen LogP contribution in [0.2, 0.25) is 0 Å². The van der Waals surface area contributed by atoms with Gasteiger partial charge < -0.3 is 15.8 Å². The van der Waals surface area contributed by atoms with Gasteiger partial charge in [0.05, 0.1) is 10.7 Å². The van der Waals surface area contributed by atoms with Gasteiger partial charge in [-0.2, -0.15) is 0 Å². The van der Waals surface area contributed by atoms with Gasteiger partial charge in [-0.3, -0.25) is 0 Å². The van der Waals surface area contributed by atoms with E-state index in [2.05, 4.69) is 24.1 Å². The third-order valence-corrected chi connectivity index (χ3v) is 3.97. The number of aryl methyl sites for hydroxylation is 2. The Morgan fingerprint density at radius 3 is 2.71 bits per heavy atom. The molecule has 0 aliphatic heterocycles. The van der Waals surface area contributed by atoms with E-state index in [1.54, 1.807) is 18.4 Å². The second kappa shape index (κ2) is 7.06. The van der Waals surface area contributed by atoms with E-state index in [9.17, 15) is 0 Å². The number of rotatable bonds is 7. The van der Waals surface area contributed by atoms with Gasteiger partial charge in [0.15, 0.2) is 0 Å². The average molecular weight is 257 g/mol. The lowest BCUT2D eigenvalue weighted by Gasteiger charge is -2.17. The maximum absolute atomic E-state index is 5.97. The van der Waals surface area contributed by atoms with Crippen molar-refractivity contribution in [2.45, 2.75) is 39.3 Å². The first-order valence-electron chi connectivity index (χ1n) is 5.96. The van der Waals surface area contributed by atoms with Gasteiger partial charge in [-0.25, -0.2) is 4.98 Å². The van der Waals surface area contributed by atoms with E-state index in [4.69, 9.17) is 10.5 Å². The monoisotopic (exact) mass is 257 g/mol. The summed E-state index contributed by atoms with van der Waals surface area (Å²) in [5.74, 6) is 0. The molecule has 98 valence electrons. The number of hydrogen-bond donors (Lipinski definition) is 2. The minimum atomic E-state index is 0.145. The van der Waals surface area contributed by atoms with Crippen LogP contribution in [0.15, 0.2) is 0 Å². The smallest absolute Gasteiger partial charge is 0.0900 e. The first-order valence-corrected chi connectivity index (χ1v) is 6.78. The molecule has 0 radical (unpaired) electrons. The summed E-state index contributed by atoms with van der Waals surface area (Å²) in [7, 11) is 1.70. The van der Waals surface area contributed by atoms with Crippen LogP contribution in [0.5, 0.6) is 0 Å². The molecular weight excluding hydrogens is 234 g/mol. The molecule has 4 nitrogen and oxygen atoms in total. The Hall–Kier alpha value is -0.490. The Morgan fingerprint density at radius 2 is 2.18 bits per heavy atom. The van der Waals surface area contributed by atoms with Crippen molar-refractivity contribution in [3.8, 4) is 0 Å². The van der Waals surface area contributed by atoms with Gasteiger partial charge in [0.1, 0.15) is 0 Å². The van der Waals surface area contributed by atoms with E-state index in [-0.39, 0.29) is 6.04 Å². The number of hydrogen-bond acceptors (Lipinski definition) is 5. The van der Waals surface area contributed by atoms with Crippen LogP contribution in [0.4, 0.5) is 0 Å². The molecule has 1 heterocycles. The van der Waals surface area contributed by atoms with E-state index >= 15 is 0 Å². The van der Waals surface area contributed by atoms with Crippen LogP contribution >= 0.6 is 11.3 Å². The minimum absolute atomic E-state index is 0.145. The molecular formula is C12H23N3OS. The van der Waals surface area contributed by atoms with Gasteiger partial charge in [-0.05, 0) is 27.2 Å². The topological polar surface area (TPSA) is 60.2 Å². The molecule has 1 aromatic rings. The molecule has 2 atom stereocenters. The molecule has 0 saturated heterocycles. The second-order valence-electron chi connectivity index (χ2n) is 4.35. The van der Waals surface area contributed by atoms with E-state index in [1.807, 2.05) is 6.92 Å². The number of nitrogens with two attached hydrogens (primary N) is 1. The average Bonchev–Trinajstić information content (AvgIpc) is 2.62. The third kappa shape index (κ3) is 4.71. The molecule has 17 heavy (non-hydrogen) atoms. The van der Waals surface area contributed by atoms with Crippen LogP contribution in [0, 0.1) is 13.8 Å². The number of thiazole rings is 1. The number of ether oxygens (including phenoxy) is 1. The van der Waals surface area contributed by atoms with Crippen molar-refractivity contribution in [2.75, 3.05) is 20.3 Å². The summed E-state index contributed by atoms with van der Waals surface area (Å²) in [6, 6.07) is 0.460. The molecule has 3 N–H and O–H groups in total. The van der Waals surface area contributed by atoms with Gasteiger partial charge >= 0.3 is 0 Å². The van der Waals surface area contributed by atoms with E-state index in [0.717, 1.165) is 30.3 Å². The zero-order valence-corrected chi connectivity index (χ0v) is 11.9. The Labute approximate surface area is 108 Å². The van der Waals surface area contributed by atoms with Gasteiger partial charge in [-0.1, -0.05) is 0 Å². The maximum atomic E-state index is 5.97. The van der Waals surface area contributed by atoms with Crippen molar-refractivity contribution in [3.05, 3.63) is 15.6 Å². The summed E-state index contributed by atoms with van der Waals surface area (Å²) < 4.78 is 5.01. The van der Waals surface area contributed by atoms with Gasteiger partial charge in [0, 0.05) is 37.2 Å². The lowest BCUT2D eigenvalue weighted by atomic mass is 10.2. The quantitative estimate of drug-likeness (QED) is 0.781. The summed E-state index contributed by atoms with van der Waals surface area (Å²) in [5.41, 5.74) is 7.10. The number of aromatic nitrogens is 1. The maximum Gasteiger partial charge on any atom is 0.0900 e. The summed E-state index contributed by atoms with van der Waals surface area (Å²) in [4.78, 5) is 5.74. The normalized spacial score (nSPS) is 14.9. The van der Waals surface area contributed by atoms with Crippen molar-refractivity contribution in [3.63, 3.8) is 0 Å². The molecule has 0 aromatic carbocycles. The zero-order valence-electron chi connectivity index (χ0n) is 11.1. The Kier molecular flexibility index (Phi) is 6.05. The number of methoxy groups -OCH3 is 1. The Bertz CT molecular complexity index is 340. The fourth-order valence-corrected chi connectivity index (χ4v) is 2.70. The predicted molar refractivity (Wildman–Crippen MR) is 72.5 cm³/mol. The second-order valence-corrected chi connectivity index (χ2v) is 5.59. The molecule has 5 heteroatoms. The van der Waals surface area contributed by atoms with E-state index in [1.165, 1.54) is 4.88 Å². The lowest BCUT2D eigenvalue weighted by molar-refractivity contribution is 0.187. The van der Waals surface area contributed by atoms with Crippen molar-refractivity contribution < 1.29 is 4.74 Å². The van der Waals surface area contributed by atoms with Crippen molar-refractivity contribution in [1.29, 1.82) is 0 Å². The Balaban J connectivity index is 2.39. The summed E-state index contributed by atoms with van der Waals surface area (Å²) >= 11 is 1.75. The first kappa shape index (κ1) is 14.6. The van der Waals surface area contributed by atoms with Gasteiger partial charge in [0.2, 0.25) is 0 Å². The van der Waals surface area contributed by atoms with Crippen molar-refractivity contribution in [2.24, 2.45) is 5.73 Å². The van der Waals surface area contributed by atoms with Gasteiger partial charge in [-0.15, -0.1) is 11.3 Å². The highest BCUT2D eigenvalue weighted by molar-refractivity contribution is 7.11. The Morgan fingerprint density at radius 1 is 1.47 bits per heavy atom. The summed E-state index contributed by atoms with van der Waals surface area (Å²) in [6.07, 6.45) is 0.886. The molecule has 0 saturated carbocycles. The number of nitrogens with zero attached hydrogens (tertiary/aromatic N) is 1. The standard InChI is InChI=1S/C12H23N3OS/c1-8(12-9(2)15-10(3)17-12)14-7-11(13)5-6-16-4/h8,11,14H,5-7,13H2,1-4H3. The van der Waals surface area contributed by atoms with Crippen LogP contribution in [0.25, 0.3) is 0 Å². The van der Waals surface area contributed by atoms with Crippen LogP contribution in [-0.4, -0.2) is 31.3 Å². The SMILES string of the molecule is COCCC(N)CNC(C)c1sc(C)nc1C. The predicted octanol–water partition coefficient (Wildman–Crippen LogP) is 1.77. The third-order valence-electron chi connectivity index (χ3n) is 2.71. The summed E-state index contributed by atoms with van der Waals surface area (Å²) in [6.45, 7) is 7.78. The molecule has 1 rings (SSSR count). The van der Waals surface area contributed by atoms with E-state index < -0.39 is 0 Å². The fourth-order valence-electron chi connectivity index (χ4n) is 1.74. The molecule has 2 unspecified atom stereocenters. The highest BCUT2D eigenvalue weighted by Gasteiger charge is 2.13. The van der Waals surface area contributed by atoms with Crippen molar-refractivity contribution >= 4 is 11.3 Å².